The molecule has 0 aromatic heterocycles. The number of carbonyl (C=O) groups excluding carboxylic acids is 1. The Bertz CT molecular complexity index is 764. The molecule has 118 valence electrons. The normalized spacial score (nSPS) is 11.2. The molecule has 0 aliphatic carbocycles. The Kier molecular flexibility index (Phi) is 5.41. The van der Waals surface area contributed by atoms with Gasteiger partial charge in [-0.2, -0.15) is 0 Å². The number of hydrogen-bond donors (Lipinski definition) is 0. The van der Waals surface area contributed by atoms with Gasteiger partial charge < -0.3 is 4.74 Å². The lowest BCUT2D eigenvalue weighted by Crippen LogP contribution is -2.16. The molecule has 23 heavy (non-hydrogen) atoms. The van der Waals surface area contributed by atoms with E-state index in [2.05, 4.69) is 16.7 Å². The zero-order valence-corrected chi connectivity index (χ0v) is 13.7. The molecule has 0 saturated carbocycles. The van der Waals surface area contributed by atoms with Gasteiger partial charge in [-0.25, -0.2) is 4.99 Å². The summed E-state index contributed by atoms with van der Waals surface area (Å²) in [5.41, 5.74) is 4.10. The molecule has 0 bridgehead atoms. The van der Waals surface area contributed by atoms with E-state index in [0.717, 1.165) is 28.0 Å². The van der Waals surface area contributed by atoms with E-state index >= 15 is 0 Å². The van der Waals surface area contributed by atoms with Crippen LogP contribution in [0.3, 0.4) is 0 Å². The minimum Gasteiger partial charge on any atom is -0.489 e. The van der Waals surface area contributed by atoms with Gasteiger partial charge in [0.25, 0.3) is 5.91 Å². The fraction of sp³-hybridized carbons (Fsp3) is 0.211. The monoisotopic (exact) mass is 308 g/mol. The molecule has 2 aromatic carbocycles. The number of benzene rings is 2. The molecule has 0 aliphatic rings. The van der Waals surface area contributed by atoms with Crippen molar-refractivity contribution in [2.75, 3.05) is 7.05 Å². The third-order valence-electron chi connectivity index (χ3n) is 3.57. The summed E-state index contributed by atoms with van der Waals surface area (Å²) in [4.78, 5) is 19.4. The number of aryl methyl sites for hydroxylation is 2. The molecule has 0 N–H and O–H groups in total. The predicted octanol–water partition coefficient (Wildman–Crippen LogP) is 3.53. The zero-order valence-electron chi connectivity index (χ0n) is 13.7. The predicted molar refractivity (Wildman–Crippen MR) is 93.7 cm³/mol. The van der Waals surface area contributed by atoms with Gasteiger partial charge in [-0.15, -0.1) is 0 Å². The van der Waals surface area contributed by atoms with E-state index in [9.17, 15) is 4.79 Å². The molecule has 2 aromatic rings. The maximum atomic E-state index is 11.9. The molecule has 4 heteroatoms. The fourth-order valence-electron chi connectivity index (χ4n) is 2.30. The van der Waals surface area contributed by atoms with Crippen molar-refractivity contribution in [2.24, 2.45) is 9.98 Å². The van der Waals surface area contributed by atoms with E-state index < -0.39 is 5.91 Å². The maximum Gasteiger partial charge on any atom is 0.295 e. The first kappa shape index (κ1) is 16.6. The second kappa shape index (κ2) is 7.49. The van der Waals surface area contributed by atoms with Crippen LogP contribution in [0.1, 0.15) is 22.3 Å². The van der Waals surface area contributed by atoms with Crippen LogP contribution >= 0.6 is 0 Å². The lowest BCUT2D eigenvalue weighted by atomic mass is 10.0. The van der Waals surface area contributed by atoms with Crippen molar-refractivity contribution in [3.8, 4) is 5.75 Å². The second-order valence-electron chi connectivity index (χ2n) is 5.25. The SMILES string of the molecule is C=NC(=O)C(=NC)c1ccccc1COc1cc(C)ccc1C. The van der Waals surface area contributed by atoms with E-state index in [1.165, 1.54) is 0 Å². The topological polar surface area (TPSA) is 51.0 Å². The molecule has 0 spiro atoms. The Labute approximate surface area is 136 Å². The zero-order chi connectivity index (χ0) is 16.8. The molecule has 0 fully saturated rings. The number of carbonyl (C=O) groups is 1. The highest BCUT2D eigenvalue weighted by molar-refractivity contribution is 6.46. The molecule has 0 atom stereocenters. The Morgan fingerprint density at radius 1 is 1.17 bits per heavy atom. The second-order valence-corrected chi connectivity index (χ2v) is 5.25. The molecule has 0 saturated heterocycles. The van der Waals surface area contributed by atoms with E-state index in [1.54, 1.807) is 7.05 Å². The highest BCUT2D eigenvalue weighted by atomic mass is 16.5. The van der Waals surface area contributed by atoms with Crippen molar-refractivity contribution in [1.29, 1.82) is 0 Å². The fourth-order valence-corrected chi connectivity index (χ4v) is 2.30. The molecule has 0 heterocycles. The summed E-state index contributed by atoms with van der Waals surface area (Å²) in [6.07, 6.45) is 0. The molecular formula is C19H20N2O2. The van der Waals surface area contributed by atoms with Gasteiger partial charge in [-0.3, -0.25) is 9.79 Å². The largest absolute Gasteiger partial charge is 0.489 e. The van der Waals surface area contributed by atoms with Crippen LogP contribution in [0.4, 0.5) is 0 Å². The Morgan fingerprint density at radius 2 is 1.91 bits per heavy atom. The highest BCUT2D eigenvalue weighted by Gasteiger charge is 2.15. The molecule has 4 nitrogen and oxygen atoms in total. The molecule has 0 radical (unpaired) electrons. The molecule has 0 unspecified atom stereocenters. The minimum absolute atomic E-state index is 0.292. The van der Waals surface area contributed by atoms with Gasteiger partial charge in [0, 0.05) is 12.6 Å². The lowest BCUT2D eigenvalue weighted by Gasteiger charge is -2.13. The Hall–Kier alpha value is -2.75. The summed E-state index contributed by atoms with van der Waals surface area (Å²) in [6.45, 7) is 7.67. The minimum atomic E-state index is -0.438. The standard InChI is InChI=1S/C19H20N2O2/c1-13-9-10-14(2)17(11-13)23-12-15-7-5-6-8-16(15)18(20-3)19(22)21-4/h5-11H,4,12H2,1-3H3. The first-order valence-electron chi connectivity index (χ1n) is 7.33. The third kappa shape index (κ3) is 3.92. The van der Waals surface area contributed by atoms with Crippen LogP contribution in [-0.4, -0.2) is 25.4 Å². The van der Waals surface area contributed by atoms with Crippen LogP contribution in [0.2, 0.25) is 0 Å². The number of rotatable bonds is 5. The lowest BCUT2D eigenvalue weighted by molar-refractivity contribution is -0.111. The van der Waals surface area contributed by atoms with Gasteiger partial charge in [0.2, 0.25) is 0 Å². The van der Waals surface area contributed by atoms with Gasteiger partial charge in [0.15, 0.2) is 0 Å². The van der Waals surface area contributed by atoms with E-state index in [4.69, 9.17) is 4.74 Å². The summed E-state index contributed by atoms with van der Waals surface area (Å²) in [5.74, 6) is 0.398. The maximum absolute atomic E-state index is 11.9. The van der Waals surface area contributed by atoms with Crippen molar-refractivity contribution in [3.63, 3.8) is 0 Å². The number of ether oxygens (including phenoxy) is 1. The van der Waals surface area contributed by atoms with Crippen molar-refractivity contribution in [2.45, 2.75) is 20.5 Å². The van der Waals surface area contributed by atoms with E-state index in [1.807, 2.05) is 56.3 Å². The van der Waals surface area contributed by atoms with Gasteiger partial charge in [-0.1, -0.05) is 36.4 Å². The van der Waals surface area contributed by atoms with Gasteiger partial charge in [0.05, 0.1) is 0 Å². The van der Waals surface area contributed by atoms with E-state index in [0.29, 0.717) is 12.3 Å². The van der Waals surface area contributed by atoms with Gasteiger partial charge in [0.1, 0.15) is 18.1 Å². The first-order valence-corrected chi connectivity index (χ1v) is 7.33. The van der Waals surface area contributed by atoms with Crippen molar-refractivity contribution < 1.29 is 9.53 Å². The smallest absolute Gasteiger partial charge is 0.295 e. The van der Waals surface area contributed by atoms with Crippen LogP contribution < -0.4 is 4.74 Å². The van der Waals surface area contributed by atoms with E-state index in [-0.39, 0.29) is 0 Å². The number of nitrogens with zero attached hydrogens (tertiary/aromatic N) is 2. The van der Waals surface area contributed by atoms with Crippen LogP contribution in [-0.2, 0) is 11.4 Å². The van der Waals surface area contributed by atoms with Crippen LogP contribution in [0.5, 0.6) is 5.75 Å². The van der Waals surface area contributed by atoms with Crippen molar-refractivity contribution in [3.05, 3.63) is 64.7 Å². The average Bonchev–Trinajstić information content (AvgIpc) is 2.57. The summed E-state index contributed by atoms with van der Waals surface area (Å²) in [5, 5.41) is 0. The number of hydrogen-bond acceptors (Lipinski definition) is 3. The Balaban J connectivity index is 2.29. The molecule has 2 rings (SSSR count). The summed E-state index contributed by atoms with van der Waals surface area (Å²) < 4.78 is 5.94. The molecule has 0 aliphatic heterocycles. The highest BCUT2D eigenvalue weighted by Crippen LogP contribution is 2.21. The quantitative estimate of drug-likeness (QED) is 0.793. The average molecular weight is 308 g/mol. The first-order chi connectivity index (χ1) is 11.1. The van der Waals surface area contributed by atoms with Gasteiger partial charge in [-0.05, 0) is 43.3 Å². The van der Waals surface area contributed by atoms with Crippen LogP contribution in [0, 0.1) is 13.8 Å². The van der Waals surface area contributed by atoms with Crippen LogP contribution in [0.15, 0.2) is 52.4 Å². The summed E-state index contributed by atoms with van der Waals surface area (Å²) >= 11 is 0. The van der Waals surface area contributed by atoms with Crippen molar-refractivity contribution >= 4 is 18.3 Å². The third-order valence-corrected chi connectivity index (χ3v) is 3.57. The summed E-state index contributed by atoms with van der Waals surface area (Å²) in [7, 11) is 1.57. The van der Waals surface area contributed by atoms with Crippen molar-refractivity contribution in [1.82, 2.24) is 0 Å². The molecular weight excluding hydrogens is 288 g/mol. The molecule has 1 amide bonds. The summed E-state index contributed by atoms with van der Waals surface area (Å²) in [6, 6.07) is 13.6. The van der Waals surface area contributed by atoms with Crippen LogP contribution in [0.25, 0.3) is 0 Å². The van der Waals surface area contributed by atoms with Gasteiger partial charge >= 0.3 is 0 Å². The Morgan fingerprint density at radius 3 is 2.61 bits per heavy atom. The number of aliphatic imine (C=N–C) groups is 2. The number of amides is 1.